The van der Waals surface area contributed by atoms with Crippen LogP contribution in [-0.4, -0.2) is 21.0 Å². The number of nitro groups is 1. The first-order chi connectivity index (χ1) is 9.50. The predicted molar refractivity (Wildman–Crippen MR) is 73.9 cm³/mol. The zero-order chi connectivity index (χ0) is 14.7. The van der Waals surface area contributed by atoms with Crippen molar-refractivity contribution >= 4 is 27.5 Å². The van der Waals surface area contributed by atoms with Crippen molar-refractivity contribution in [1.82, 2.24) is 10.2 Å². The molecule has 0 saturated heterocycles. The van der Waals surface area contributed by atoms with Crippen LogP contribution in [0.5, 0.6) is 11.6 Å². The lowest BCUT2D eigenvalue weighted by Gasteiger charge is -2.09. The highest BCUT2D eigenvalue weighted by molar-refractivity contribution is 9.10. The summed E-state index contributed by atoms with van der Waals surface area (Å²) in [7, 11) is 0. The molecule has 0 spiro atoms. The molecule has 0 atom stereocenters. The van der Waals surface area contributed by atoms with Crippen LogP contribution in [0.2, 0.25) is 0 Å². The number of nitrogens with two attached hydrogens (primary N) is 1. The van der Waals surface area contributed by atoms with Gasteiger partial charge in [0, 0.05) is 6.07 Å². The van der Waals surface area contributed by atoms with Crippen LogP contribution < -0.4 is 10.5 Å². The zero-order valence-corrected chi connectivity index (χ0v) is 11.5. The first-order valence-electron chi connectivity index (χ1n) is 5.27. The number of nitro benzene ring substituents is 1. The maximum atomic E-state index is 11.0. The lowest BCUT2D eigenvalue weighted by molar-refractivity contribution is -0.385. The van der Waals surface area contributed by atoms with Crippen LogP contribution in [0.15, 0.2) is 34.9 Å². The van der Waals surface area contributed by atoms with Crippen molar-refractivity contribution in [2.75, 3.05) is 0 Å². The molecule has 9 heteroatoms. The highest BCUT2D eigenvalue weighted by Crippen LogP contribution is 2.37. The molecule has 2 aromatic rings. The number of nitrogen functional groups attached to an aromatic ring is 1. The number of para-hydroxylation sites is 1. The maximum Gasteiger partial charge on any atom is 0.312 e. The van der Waals surface area contributed by atoms with Crippen molar-refractivity contribution in [3.05, 3.63) is 50.6 Å². The second kappa shape index (κ2) is 5.61. The van der Waals surface area contributed by atoms with Gasteiger partial charge in [-0.05, 0) is 28.1 Å². The molecule has 0 aliphatic rings. The Labute approximate surface area is 121 Å². The van der Waals surface area contributed by atoms with Gasteiger partial charge in [-0.2, -0.15) is 5.10 Å². The summed E-state index contributed by atoms with van der Waals surface area (Å²) in [6, 6.07) is 5.83. The van der Waals surface area contributed by atoms with Gasteiger partial charge in [-0.3, -0.25) is 15.5 Å². The Balaban J connectivity index is 2.51. The van der Waals surface area contributed by atoms with Gasteiger partial charge < -0.3 is 10.5 Å². The molecule has 0 saturated carbocycles. The van der Waals surface area contributed by atoms with E-state index in [9.17, 15) is 10.1 Å². The Morgan fingerprint density at radius 3 is 2.85 bits per heavy atom. The summed E-state index contributed by atoms with van der Waals surface area (Å²) in [5.74, 6) is -0.375. The molecule has 0 fully saturated rings. The number of nitrogens with zero attached hydrogens (tertiary/aromatic N) is 3. The predicted octanol–water partition coefficient (Wildman–Crippen LogP) is 2.22. The normalized spacial score (nSPS) is 10.1. The van der Waals surface area contributed by atoms with Crippen LogP contribution in [-0.2, 0) is 0 Å². The van der Waals surface area contributed by atoms with Gasteiger partial charge in [0.05, 0.1) is 21.2 Å². The van der Waals surface area contributed by atoms with Gasteiger partial charge in [0.15, 0.2) is 0 Å². The first-order valence-corrected chi connectivity index (χ1v) is 6.07. The van der Waals surface area contributed by atoms with Crippen LogP contribution in [0.1, 0.15) is 5.56 Å². The minimum atomic E-state index is -0.579. The molecule has 2 rings (SSSR count). The maximum absolute atomic E-state index is 11.0. The van der Waals surface area contributed by atoms with E-state index in [0.717, 1.165) is 0 Å². The third-order valence-corrected chi connectivity index (χ3v) is 2.94. The molecule has 102 valence electrons. The molecule has 1 heterocycles. The standard InChI is InChI=1S/C11H8BrN5O3/c12-7-2-1-3-8(17(18)19)9(7)20-11-6(10(13)14)4-5-15-16-11/h1-5H,(H3,13,14). The Morgan fingerprint density at radius 1 is 1.45 bits per heavy atom. The van der Waals surface area contributed by atoms with Crippen molar-refractivity contribution < 1.29 is 9.66 Å². The Morgan fingerprint density at radius 2 is 2.20 bits per heavy atom. The van der Waals surface area contributed by atoms with Crippen LogP contribution >= 0.6 is 15.9 Å². The van der Waals surface area contributed by atoms with Crippen molar-refractivity contribution in [3.8, 4) is 11.6 Å². The third kappa shape index (κ3) is 2.72. The average molecular weight is 338 g/mol. The fourth-order valence-electron chi connectivity index (χ4n) is 1.44. The highest BCUT2D eigenvalue weighted by Gasteiger charge is 2.21. The second-order valence-corrected chi connectivity index (χ2v) is 4.47. The summed E-state index contributed by atoms with van der Waals surface area (Å²) >= 11 is 3.17. The van der Waals surface area contributed by atoms with E-state index in [1.807, 2.05) is 0 Å². The van der Waals surface area contributed by atoms with Crippen LogP contribution in [0.3, 0.4) is 0 Å². The van der Waals surface area contributed by atoms with Crippen molar-refractivity contribution in [1.29, 1.82) is 5.41 Å². The number of hydrogen-bond donors (Lipinski definition) is 2. The topological polar surface area (TPSA) is 128 Å². The molecule has 0 aliphatic heterocycles. The quantitative estimate of drug-likeness (QED) is 0.381. The minimum Gasteiger partial charge on any atom is -0.428 e. The van der Waals surface area contributed by atoms with Crippen molar-refractivity contribution in [2.24, 2.45) is 5.73 Å². The van der Waals surface area contributed by atoms with Crippen LogP contribution in [0, 0.1) is 15.5 Å². The zero-order valence-electron chi connectivity index (χ0n) is 9.91. The van der Waals surface area contributed by atoms with E-state index in [4.69, 9.17) is 15.9 Å². The van der Waals surface area contributed by atoms with Gasteiger partial charge in [-0.25, -0.2) is 0 Å². The number of hydrogen-bond acceptors (Lipinski definition) is 6. The lowest BCUT2D eigenvalue weighted by atomic mass is 10.2. The van der Waals surface area contributed by atoms with Crippen molar-refractivity contribution in [3.63, 3.8) is 0 Å². The van der Waals surface area contributed by atoms with Gasteiger partial charge in [-0.1, -0.05) is 6.07 Å². The highest BCUT2D eigenvalue weighted by atomic mass is 79.9. The van der Waals surface area contributed by atoms with E-state index in [-0.39, 0.29) is 28.7 Å². The monoisotopic (exact) mass is 337 g/mol. The lowest BCUT2D eigenvalue weighted by Crippen LogP contribution is -2.13. The van der Waals surface area contributed by atoms with E-state index in [0.29, 0.717) is 4.47 Å². The first kappa shape index (κ1) is 13.9. The smallest absolute Gasteiger partial charge is 0.312 e. The summed E-state index contributed by atoms with van der Waals surface area (Å²) < 4.78 is 5.79. The SMILES string of the molecule is N=C(N)c1ccnnc1Oc1c(Br)cccc1[N+](=O)[O-]. The molecular formula is C11H8BrN5O3. The Kier molecular flexibility index (Phi) is 3.89. The van der Waals surface area contributed by atoms with Gasteiger partial charge in [-0.15, -0.1) is 5.10 Å². The van der Waals surface area contributed by atoms with Gasteiger partial charge in [0.2, 0.25) is 11.6 Å². The van der Waals surface area contributed by atoms with E-state index in [1.165, 1.54) is 24.4 Å². The number of rotatable bonds is 4. The summed E-state index contributed by atoms with van der Waals surface area (Å²) in [6.07, 6.45) is 1.35. The number of ether oxygens (including phenoxy) is 1. The summed E-state index contributed by atoms with van der Waals surface area (Å²) in [5, 5.41) is 25.7. The molecule has 0 unspecified atom stereocenters. The molecule has 3 N–H and O–H groups in total. The number of nitrogens with one attached hydrogen (secondary N) is 1. The molecule has 1 aromatic carbocycles. The van der Waals surface area contributed by atoms with E-state index in [2.05, 4.69) is 26.1 Å². The molecular weight excluding hydrogens is 330 g/mol. The number of benzene rings is 1. The number of amidine groups is 1. The molecule has 0 radical (unpaired) electrons. The van der Waals surface area contributed by atoms with Crippen LogP contribution in [0.25, 0.3) is 0 Å². The second-order valence-electron chi connectivity index (χ2n) is 3.61. The molecule has 8 nitrogen and oxygen atoms in total. The van der Waals surface area contributed by atoms with E-state index in [1.54, 1.807) is 6.07 Å². The van der Waals surface area contributed by atoms with E-state index >= 15 is 0 Å². The van der Waals surface area contributed by atoms with Gasteiger partial charge in [0.25, 0.3) is 0 Å². The molecule has 0 aliphatic carbocycles. The van der Waals surface area contributed by atoms with E-state index < -0.39 is 4.92 Å². The van der Waals surface area contributed by atoms with Gasteiger partial charge in [0.1, 0.15) is 5.84 Å². The Hall–Kier alpha value is -2.55. The minimum absolute atomic E-state index is 0.0273. The third-order valence-electron chi connectivity index (χ3n) is 2.32. The molecule has 0 bridgehead atoms. The number of halogens is 1. The molecule has 20 heavy (non-hydrogen) atoms. The van der Waals surface area contributed by atoms with Crippen LogP contribution in [0.4, 0.5) is 5.69 Å². The molecule has 0 amide bonds. The van der Waals surface area contributed by atoms with Gasteiger partial charge >= 0.3 is 5.69 Å². The Bertz CT molecular complexity index is 692. The fraction of sp³-hybridized carbons (Fsp3) is 0. The summed E-state index contributed by atoms with van der Waals surface area (Å²) in [6.45, 7) is 0. The number of aromatic nitrogens is 2. The summed E-state index contributed by atoms with van der Waals surface area (Å²) in [4.78, 5) is 10.4. The molecule has 1 aromatic heterocycles. The largest absolute Gasteiger partial charge is 0.428 e. The fourth-order valence-corrected chi connectivity index (χ4v) is 1.87. The van der Waals surface area contributed by atoms with Crippen molar-refractivity contribution in [2.45, 2.75) is 0 Å². The average Bonchev–Trinajstić information content (AvgIpc) is 2.41. The summed E-state index contributed by atoms with van der Waals surface area (Å²) in [5.41, 5.74) is 5.36.